The Morgan fingerprint density at radius 2 is 2.08 bits per heavy atom. The monoisotopic (exact) mass is 370 g/mol. The molecule has 0 aromatic carbocycles. The molecular weight excluding hydrogens is 340 g/mol. The quantitative estimate of drug-likeness (QED) is 0.783. The van der Waals surface area contributed by atoms with Crippen LogP contribution in [0.4, 0.5) is 5.82 Å². The van der Waals surface area contributed by atoms with Gasteiger partial charge in [-0.3, -0.25) is 4.90 Å². The summed E-state index contributed by atoms with van der Waals surface area (Å²) in [6.07, 6.45) is 9.87. The van der Waals surface area contributed by atoms with Crippen molar-refractivity contribution in [3.63, 3.8) is 0 Å². The molecule has 2 saturated heterocycles. The van der Waals surface area contributed by atoms with Gasteiger partial charge in [0.1, 0.15) is 17.0 Å². The molecule has 0 radical (unpaired) electrons. The normalized spacial score (nSPS) is 24.2. The molecule has 2 aliphatic heterocycles. The van der Waals surface area contributed by atoms with E-state index in [0.29, 0.717) is 5.41 Å². The van der Waals surface area contributed by atoms with Crippen molar-refractivity contribution in [3.8, 4) is 0 Å². The maximum absolute atomic E-state index is 4.69. The molecule has 4 nitrogen and oxygen atoms in total. The Morgan fingerprint density at radius 3 is 2.77 bits per heavy atom. The Bertz CT molecular complexity index is 790. The third kappa shape index (κ3) is 2.66. The van der Waals surface area contributed by atoms with Gasteiger partial charge in [-0.2, -0.15) is 0 Å². The molecule has 2 aromatic rings. The lowest BCUT2D eigenvalue weighted by atomic mass is 9.72. The molecule has 2 aromatic heterocycles. The molecule has 1 aliphatic carbocycles. The molecule has 1 unspecified atom stereocenters. The van der Waals surface area contributed by atoms with Crippen molar-refractivity contribution in [3.05, 3.63) is 17.3 Å². The summed E-state index contributed by atoms with van der Waals surface area (Å²) in [6, 6.07) is 3.16. The molecule has 0 bridgehead atoms. The minimum atomic E-state index is 0.512. The smallest absolute Gasteiger partial charge is 0.140 e. The number of likely N-dealkylation sites (tertiary alicyclic amines) is 1. The largest absolute Gasteiger partial charge is 0.355 e. The SMILES string of the molecule is CCc1cc2c(N3CCC4(C3)CN(C(CC)C3CCC3)C4)ncnc2s1. The second-order valence-electron chi connectivity index (χ2n) is 8.73. The van der Waals surface area contributed by atoms with E-state index in [2.05, 4.69) is 39.7 Å². The predicted molar refractivity (Wildman–Crippen MR) is 109 cm³/mol. The Labute approximate surface area is 160 Å². The Kier molecular flexibility index (Phi) is 4.20. The van der Waals surface area contributed by atoms with Gasteiger partial charge in [0.2, 0.25) is 0 Å². The second kappa shape index (κ2) is 6.45. The number of hydrogen-bond donors (Lipinski definition) is 0. The molecule has 3 aliphatic rings. The maximum Gasteiger partial charge on any atom is 0.140 e. The summed E-state index contributed by atoms with van der Waals surface area (Å²) in [6.45, 7) is 9.53. The summed E-state index contributed by atoms with van der Waals surface area (Å²) < 4.78 is 0. The first-order valence-electron chi connectivity index (χ1n) is 10.4. The predicted octanol–water partition coefficient (Wildman–Crippen LogP) is 4.34. The van der Waals surface area contributed by atoms with Crippen LogP contribution in [0.2, 0.25) is 0 Å². The lowest BCUT2D eigenvalue weighted by molar-refractivity contribution is -0.0489. The summed E-state index contributed by atoms with van der Waals surface area (Å²) in [5.41, 5.74) is 0.512. The van der Waals surface area contributed by atoms with Crippen LogP contribution in [-0.2, 0) is 6.42 Å². The summed E-state index contributed by atoms with van der Waals surface area (Å²) in [5, 5.41) is 1.27. The van der Waals surface area contributed by atoms with Gasteiger partial charge in [0.05, 0.1) is 5.39 Å². The molecule has 140 valence electrons. The molecule has 0 amide bonds. The standard InChI is InChI=1S/C21H30N4S/c1-3-16-10-17-19(22-14-23-20(17)26-16)24-9-8-21(11-24)12-25(13-21)18(4-2)15-6-5-7-15/h10,14-15,18H,3-9,11-13H2,1-2H3. The first-order chi connectivity index (χ1) is 12.7. The van der Waals surface area contributed by atoms with E-state index >= 15 is 0 Å². The number of thiophene rings is 1. The van der Waals surface area contributed by atoms with Crippen LogP contribution in [0.1, 0.15) is 50.8 Å². The van der Waals surface area contributed by atoms with E-state index in [4.69, 9.17) is 0 Å². The highest BCUT2D eigenvalue weighted by molar-refractivity contribution is 7.18. The van der Waals surface area contributed by atoms with Gasteiger partial charge >= 0.3 is 0 Å². The number of nitrogens with zero attached hydrogens (tertiary/aromatic N) is 4. The zero-order valence-corrected chi connectivity index (χ0v) is 16.9. The first kappa shape index (κ1) is 16.9. The van der Waals surface area contributed by atoms with Crippen molar-refractivity contribution in [2.45, 2.75) is 58.4 Å². The van der Waals surface area contributed by atoms with Crippen LogP contribution in [0.3, 0.4) is 0 Å². The van der Waals surface area contributed by atoms with E-state index in [1.165, 1.54) is 67.8 Å². The molecule has 4 heterocycles. The van der Waals surface area contributed by atoms with E-state index < -0.39 is 0 Å². The summed E-state index contributed by atoms with van der Waals surface area (Å²) in [4.78, 5) is 17.1. The third-order valence-corrected chi connectivity index (χ3v) is 8.29. The fraction of sp³-hybridized carbons (Fsp3) is 0.714. The van der Waals surface area contributed by atoms with Crippen molar-refractivity contribution in [2.75, 3.05) is 31.1 Å². The van der Waals surface area contributed by atoms with E-state index in [0.717, 1.165) is 29.8 Å². The third-order valence-electron chi connectivity index (χ3n) is 7.10. The van der Waals surface area contributed by atoms with Crippen LogP contribution in [0, 0.1) is 11.3 Å². The molecule has 0 N–H and O–H groups in total. The van der Waals surface area contributed by atoms with Gasteiger partial charge in [-0.1, -0.05) is 20.3 Å². The van der Waals surface area contributed by atoms with Gasteiger partial charge in [0.15, 0.2) is 0 Å². The van der Waals surface area contributed by atoms with Crippen molar-refractivity contribution in [1.29, 1.82) is 0 Å². The molecule has 1 spiro atoms. The maximum atomic E-state index is 4.69. The van der Waals surface area contributed by atoms with Crippen LogP contribution < -0.4 is 4.90 Å². The zero-order valence-electron chi connectivity index (χ0n) is 16.1. The lowest BCUT2D eigenvalue weighted by Crippen LogP contribution is -2.62. The number of aryl methyl sites for hydroxylation is 1. The van der Waals surface area contributed by atoms with Crippen LogP contribution in [0.15, 0.2) is 12.4 Å². The molecule has 1 saturated carbocycles. The van der Waals surface area contributed by atoms with Crippen LogP contribution in [0.5, 0.6) is 0 Å². The fourth-order valence-corrected chi connectivity index (χ4v) is 6.39. The summed E-state index contributed by atoms with van der Waals surface area (Å²) in [5.74, 6) is 2.15. The number of anilines is 1. The zero-order chi connectivity index (χ0) is 17.7. The van der Waals surface area contributed by atoms with Gasteiger partial charge in [0, 0.05) is 42.5 Å². The number of rotatable bonds is 5. The van der Waals surface area contributed by atoms with Crippen molar-refractivity contribution >= 4 is 27.4 Å². The highest BCUT2D eigenvalue weighted by Gasteiger charge is 2.50. The van der Waals surface area contributed by atoms with E-state index in [-0.39, 0.29) is 0 Å². The van der Waals surface area contributed by atoms with Crippen molar-refractivity contribution in [2.24, 2.45) is 11.3 Å². The number of fused-ring (bicyclic) bond motifs is 1. The van der Waals surface area contributed by atoms with Crippen molar-refractivity contribution < 1.29 is 0 Å². The van der Waals surface area contributed by atoms with Crippen LogP contribution in [-0.4, -0.2) is 47.1 Å². The Hall–Kier alpha value is -1.20. The summed E-state index contributed by atoms with van der Waals surface area (Å²) >= 11 is 1.82. The average Bonchev–Trinajstić information content (AvgIpc) is 3.20. The Balaban J connectivity index is 1.30. The molecule has 26 heavy (non-hydrogen) atoms. The fourth-order valence-electron chi connectivity index (χ4n) is 5.46. The molecule has 1 atom stereocenters. The van der Waals surface area contributed by atoms with Gasteiger partial charge in [-0.05, 0) is 44.1 Å². The number of hydrogen-bond acceptors (Lipinski definition) is 5. The van der Waals surface area contributed by atoms with E-state index in [9.17, 15) is 0 Å². The first-order valence-corrected chi connectivity index (χ1v) is 11.3. The van der Waals surface area contributed by atoms with Gasteiger partial charge < -0.3 is 4.90 Å². The molecular formula is C21H30N4S. The van der Waals surface area contributed by atoms with Gasteiger partial charge in [-0.25, -0.2) is 9.97 Å². The van der Waals surface area contributed by atoms with E-state index in [1.54, 1.807) is 6.33 Å². The van der Waals surface area contributed by atoms with Gasteiger partial charge in [0.25, 0.3) is 0 Å². The molecule has 5 rings (SSSR count). The molecule has 3 fully saturated rings. The lowest BCUT2D eigenvalue weighted by Gasteiger charge is -2.54. The minimum Gasteiger partial charge on any atom is -0.355 e. The summed E-state index contributed by atoms with van der Waals surface area (Å²) in [7, 11) is 0. The number of aromatic nitrogens is 2. The van der Waals surface area contributed by atoms with Crippen molar-refractivity contribution in [1.82, 2.24) is 14.9 Å². The second-order valence-corrected chi connectivity index (χ2v) is 9.84. The molecule has 5 heteroatoms. The topological polar surface area (TPSA) is 32.3 Å². The van der Waals surface area contributed by atoms with Crippen LogP contribution >= 0.6 is 11.3 Å². The minimum absolute atomic E-state index is 0.512. The van der Waals surface area contributed by atoms with Gasteiger partial charge in [-0.15, -0.1) is 11.3 Å². The van der Waals surface area contributed by atoms with E-state index in [1.807, 2.05) is 11.3 Å². The average molecular weight is 371 g/mol. The highest BCUT2D eigenvalue weighted by atomic mass is 32.1. The Morgan fingerprint density at radius 1 is 1.23 bits per heavy atom. The van der Waals surface area contributed by atoms with Crippen LogP contribution in [0.25, 0.3) is 10.2 Å². The highest BCUT2D eigenvalue weighted by Crippen LogP contribution is 2.46.